The third-order valence-corrected chi connectivity index (χ3v) is 2.59. The number of aryl methyl sites for hydroxylation is 1. The Kier molecular flexibility index (Phi) is 3.36. The van der Waals surface area contributed by atoms with E-state index in [1.54, 1.807) is 30.9 Å². The molecule has 2 heterocycles. The van der Waals surface area contributed by atoms with Crippen molar-refractivity contribution in [3.05, 3.63) is 35.7 Å². The summed E-state index contributed by atoms with van der Waals surface area (Å²) >= 11 is 0. The van der Waals surface area contributed by atoms with E-state index in [2.05, 4.69) is 4.98 Å². The lowest BCUT2D eigenvalue weighted by Crippen LogP contribution is -2.10. The number of carbonyl (C=O) groups excluding carboxylic acids is 1. The van der Waals surface area contributed by atoms with Gasteiger partial charge < -0.3 is 19.5 Å². The van der Waals surface area contributed by atoms with Gasteiger partial charge in [0, 0.05) is 5.56 Å². The van der Waals surface area contributed by atoms with Crippen LogP contribution < -0.4 is 5.73 Å². The highest BCUT2D eigenvalue weighted by Crippen LogP contribution is 2.17. The van der Waals surface area contributed by atoms with Crippen LogP contribution in [0.3, 0.4) is 0 Å². The Bertz CT molecular complexity index is 543. The van der Waals surface area contributed by atoms with Gasteiger partial charge in [-0.1, -0.05) is 0 Å². The topological polar surface area (TPSA) is 83.3 Å². The number of aromatic nitrogens is 2. The molecular formula is C12H15N3O3. The second-order valence-corrected chi connectivity index (χ2v) is 3.83. The molecule has 0 spiro atoms. The van der Waals surface area contributed by atoms with Crippen molar-refractivity contribution in [3.63, 3.8) is 0 Å². The summed E-state index contributed by atoms with van der Waals surface area (Å²) in [4.78, 5) is 15.8. The van der Waals surface area contributed by atoms with Crippen molar-refractivity contribution in [2.75, 3.05) is 12.3 Å². The van der Waals surface area contributed by atoms with Gasteiger partial charge in [-0.25, -0.2) is 9.78 Å². The third kappa shape index (κ3) is 2.22. The Labute approximate surface area is 104 Å². The second-order valence-electron chi connectivity index (χ2n) is 3.83. The monoisotopic (exact) mass is 249 g/mol. The first-order chi connectivity index (χ1) is 8.63. The van der Waals surface area contributed by atoms with Crippen LogP contribution in [0.1, 0.15) is 28.8 Å². The molecule has 0 fully saturated rings. The molecule has 0 amide bonds. The normalized spacial score (nSPS) is 10.6. The van der Waals surface area contributed by atoms with Crippen LogP contribution >= 0.6 is 0 Å². The van der Waals surface area contributed by atoms with E-state index in [1.807, 2.05) is 6.07 Å². The summed E-state index contributed by atoms with van der Waals surface area (Å²) in [6.45, 7) is 4.34. The maximum Gasteiger partial charge on any atom is 0.360 e. The number of rotatable bonds is 4. The molecule has 2 aromatic heterocycles. The molecule has 2 N–H and O–H groups in total. The fraction of sp³-hybridized carbons (Fsp3) is 0.333. The second kappa shape index (κ2) is 4.95. The Balaban J connectivity index is 2.29. The van der Waals surface area contributed by atoms with Gasteiger partial charge in [-0.05, 0) is 19.9 Å². The maximum absolute atomic E-state index is 11.6. The Morgan fingerprint density at radius 1 is 1.61 bits per heavy atom. The van der Waals surface area contributed by atoms with Gasteiger partial charge in [-0.15, -0.1) is 0 Å². The lowest BCUT2D eigenvalue weighted by molar-refractivity contribution is 0.0521. The molecule has 0 atom stereocenters. The first-order valence-electron chi connectivity index (χ1n) is 5.64. The molecule has 0 saturated carbocycles. The minimum Gasteiger partial charge on any atom is -0.472 e. The van der Waals surface area contributed by atoms with Crippen LogP contribution in [-0.4, -0.2) is 22.1 Å². The van der Waals surface area contributed by atoms with Crippen LogP contribution in [0.15, 0.2) is 23.0 Å². The molecule has 6 heteroatoms. The number of nitrogens with zero attached hydrogens (tertiary/aromatic N) is 2. The summed E-state index contributed by atoms with van der Waals surface area (Å²) in [6.07, 6.45) is 3.22. The molecule has 2 aromatic rings. The average molecular weight is 249 g/mol. The van der Waals surface area contributed by atoms with E-state index < -0.39 is 5.97 Å². The van der Waals surface area contributed by atoms with Crippen molar-refractivity contribution in [1.82, 2.24) is 9.55 Å². The number of anilines is 1. The van der Waals surface area contributed by atoms with E-state index in [1.165, 1.54) is 0 Å². The maximum atomic E-state index is 11.6. The van der Waals surface area contributed by atoms with E-state index in [-0.39, 0.29) is 5.69 Å². The number of hydrogen-bond donors (Lipinski definition) is 1. The summed E-state index contributed by atoms with van der Waals surface area (Å²) in [7, 11) is 0. The predicted octanol–water partition coefficient (Wildman–Crippen LogP) is 1.59. The third-order valence-electron chi connectivity index (χ3n) is 2.59. The molecule has 0 bridgehead atoms. The van der Waals surface area contributed by atoms with Crippen molar-refractivity contribution >= 4 is 11.8 Å². The first-order valence-corrected chi connectivity index (χ1v) is 5.64. The standard InChI is InChI=1S/C12H15N3O3/c1-3-18-12(16)10-11(13)15(8(2)14-10)6-9-4-5-17-7-9/h4-5,7H,3,6,13H2,1-2H3. The number of esters is 1. The van der Waals surface area contributed by atoms with E-state index in [4.69, 9.17) is 14.9 Å². The largest absolute Gasteiger partial charge is 0.472 e. The van der Waals surface area contributed by atoms with Crippen LogP contribution in [0, 0.1) is 6.92 Å². The van der Waals surface area contributed by atoms with Crippen molar-refractivity contribution in [2.24, 2.45) is 0 Å². The molecule has 2 rings (SSSR count). The van der Waals surface area contributed by atoms with Gasteiger partial charge in [0.25, 0.3) is 0 Å². The van der Waals surface area contributed by atoms with Crippen molar-refractivity contribution in [1.29, 1.82) is 0 Å². The van der Waals surface area contributed by atoms with Crippen LogP contribution in [0.2, 0.25) is 0 Å². The van der Waals surface area contributed by atoms with Gasteiger partial charge in [-0.3, -0.25) is 0 Å². The van der Waals surface area contributed by atoms with Crippen LogP contribution in [0.4, 0.5) is 5.82 Å². The molecule has 0 aliphatic carbocycles. The molecule has 0 radical (unpaired) electrons. The van der Waals surface area contributed by atoms with Crippen LogP contribution in [0.25, 0.3) is 0 Å². The minimum atomic E-state index is -0.496. The zero-order valence-corrected chi connectivity index (χ0v) is 10.3. The Hall–Kier alpha value is -2.24. The molecule has 6 nitrogen and oxygen atoms in total. The molecule has 18 heavy (non-hydrogen) atoms. The van der Waals surface area contributed by atoms with Gasteiger partial charge in [0.1, 0.15) is 11.6 Å². The van der Waals surface area contributed by atoms with Crippen molar-refractivity contribution in [2.45, 2.75) is 20.4 Å². The van der Waals surface area contributed by atoms with E-state index >= 15 is 0 Å². The summed E-state index contributed by atoms with van der Waals surface area (Å²) < 4.78 is 11.6. The molecule has 0 aliphatic heterocycles. The highest BCUT2D eigenvalue weighted by molar-refractivity contribution is 5.92. The number of nitrogens with two attached hydrogens (primary N) is 1. The molecule has 0 aromatic carbocycles. The van der Waals surface area contributed by atoms with Crippen LogP contribution in [0.5, 0.6) is 0 Å². The minimum absolute atomic E-state index is 0.165. The summed E-state index contributed by atoms with van der Waals surface area (Å²) in [5.74, 6) is 0.480. The summed E-state index contributed by atoms with van der Waals surface area (Å²) in [6, 6.07) is 1.84. The van der Waals surface area contributed by atoms with E-state index in [9.17, 15) is 4.79 Å². The zero-order valence-electron chi connectivity index (χ0n) is 10.3. The fourth-order valence-electron chi connectivity index (χ4n) is 1.70. The molecule has 0 saturated heterocycles. The van der Waals surface area contributed by atoms with E-state index in [0.29, 0.717) is 24.8 Å². The summed E-state index contributed by atoms with van der Waals surface area (Å²) in [5.41, 5.74) is 7.04. The van der Waals surface area contributed by atoms with Gasteiger partial charge in [0.05, 0.1) is 25.7 Å². The predicted molar refractivity (Wildman–Crippen MR) is 65.1 cm³/mol. The zero-order chi connectivity index (χ0) is 13.1. The highest BCUT2D eigenvalue weighted by atomic mass is 16.5. The average Bonchev–Trinajstić information content (AvgIpc) is 2.93. The number of ether oxygens (including phenoxy) is 1. The van der Waals surface area contributed by atoms with Gasteiger partial charge >= 0.3 is 5.97 Å². The van der Waals surface area contributed by atoms with Crippen molar-refractivity contribution in [3.8, 4) is 0 Å². The summed E-state index contributed by atoms with van der Waals surface area (Å²) in [5, 5.41) is 0. The molecule has 0 aliphatic rings. The smallest absolute Gasteiger partial charge is 0.360 e. The lowest BCUT2D eigenvalue weighted by atomic mass is 10.3. The number of furan rings is 1. The van der Waals surface area contributed by atoms with Crippen LogP contribution in [-0.2, 0) is 11.3 Å². The van der Waals surface area contributed by atoms with Gasteiger partial charge in [0.15, 0.2) is 5.69 Å². The number of carbonyl (C=O) groups is 1. The first kappa shape index (κ1) is 12.2. The number of nitrogen functional groups attached to an aromatic ring is 1. The molecule has 96 valence electrons. The fourth-order valence-corrected chi connectivity index (χ4v) is 1.70. The molecule has 0 unspecified atom stereocenters. The highest BCUT2D eigenvalue weighted by Gasteiger charge is 2.19. The quantitative estimate of drug-likeness (QED) is 0.832. The number of imidazole rings is 1. The molecular weight excluding hydrogens is 234 g/mol. The van der Waals surface area contributed by atoms with Crippen molar-refractivity contribution < 1.29 is 13.9 Å². The Morgan fingerprint density at radius 2 is 2.39 bits per heavy atom. The van der Waals surface area contributed by atoms with Gasteiger partial charge in [0.2, 0.25) is 0 Å². The Morgan fingerprint density at radius 3 is 3.00 bits per heavy atom. The van der Waals surface area contributed by atoms with Gasteiger partial charge in [-0.2, -0.15) is 0 Å². The SMILES string of the molecule is CCOC(=O)c1nc(C)n(Cc2ccoc2)c1N. The van der Waals surface area contributed by atoms with E-state index in [0.717, 1.165) is 5.56 Å². The lowest BCUT2D eigenvalue weighted by Gasteiger charge is -2.05. The number of hydrogen-bond acceptors (Lipinski definition) is 5.